The van der Waals surface area contributed by atoms with Crippen molar-refractivity contribution in [3.63, 3.8) is 0 Å². The van der Waals surface area contributed by atoms with E-state index in [0.29, 0.717) is 0 Å². The molecule has 1 amide bonds. The molecule has 2 rings (SSSR count). The summed E-state index contributed by atoms with van der Waals surface area (Å²) in [4.78, 5) is 48.4. The Bertz CT molecular complexity index is 667. The number of likely N-dealkylation sites (tertiary alicyclic amines) is 1. The third kappa shape index (κ3) is 2.62. The van der Waals surface area contributed by atoms with E-state index >= 15 is 0 Å². The molecule has 1 aromatic heterocycles. The molecular formula is C12H13N3O6. The van der Waals surface area contributed by atoms with Crippen molar-refractivity contribution in [1.82, 2.24) is 9.88 Å². The van der Waals surface area contributed by atoms with Gasteiger partial charge in [0.25, 0.3) is 17.2 Å². The number of carbonyl (C=O) groups is 2. The molecule has 9 nitrogen and oxygen atoms in total. The number of rotatable bonds is 3. The number of carbonyl (C=O) groups excluding carboxylic acids is 1. The second-order valence-electron chi connectivity index (χ2n) is 4.83. The van der Waals surface area contributed by atoms with Crippen molar-refractivity contribution in [2.75, 3.05) is 6.54 Å². The van der Waals surface area contributed by atoms with E-state index in [-0.39, 0.29) is 18.5 Å². The van der Waals surface area contributed by atoms with Gasteiger partial charge in [-0.2, -0.15) is 0 Å². The number of nitrogens with one attached hydrogen (secondary N) is 1. The SMILES string of the molecule is CC1C(C(=O)O)CCN1C(=O)c1cc([N+](=O)[O-])c[nH]c1=O. The van der Waals surface area contributed by atoms with Crippen LogP contribution in [0.3, 0.4) is 0 Å². The molecule has 112 valence electrons. The largest absolute Gasteiger partial charge is 0.481 e. The minimum Gasteiger partial charge on any atom is -0.481 e. The molecule has 0 saturated carbocycles. The van der Waals surface area contributed by atoms with Crippen LogP contribution in [0.15, 0.2) is 17.1 Å². The molecule has 2 atom stereocenters. The van der Waals surface area contributed by atoms with Crippen LogP contribution in [0.1, 0.15) is 23.7 Å². The van der Waals surface area contributed by atoms with Crippen LogP contribution in [0.2, 0.25) is 0 Å². The standard InChI is InChI=1S/C12H13N3O6/c1-6-8(12(18)19)2-3-14(6)11(17)9-4-7(15(20)21)5-13-10(9)16/h4-6,8H,2-3H2,1H3,(H,13,16)(H,18,19). The Labute approximate surface area is 118 Å². The summed E-state index contributed by atoms with van der Waals surface area (Å²) in [5.74, 6) is -2.41. The van der Waals surface area contributed by atoms with Crippen molar-refractivity contribution in [2.45, 2.75) is 19.4 Å². The number of hydrogen-bond acceptors (Lipinski definition) is 5. The third-order valence-electron chi connectivity index (χ3n) is 3.66. The van der Waals surface area contributed by atoms with Crippen LogP contribution in [0, 0.1) is 16.0 Å². The van der Waals surface area contributed by atoms with Gasteiger partial charge in [-0.15, -0.1) is 0 Å². The highest BCUT2D eigenvalue weighted by Crippen LogP contribution is 2.25. The zero-order valence-corrected chi connectivity index (χ0v) is 11.1. The molecule has 1 aliphatic heterocycles. The molecule has 1 aliphatic rings. The van der Waals surface area contributed by atoms with Gasteiger partial charge in [0.15, 0.2) is 0 Å². The Morgan fingerprint density at radius 2 is 2.19 bits per heavy atom. The fourth-order valence-corrected chi connectivity index (χ4v) is 2.45. The van der Waals surface area contributed by atoms with E-state index in [2.05, 4.69) is 4.98 Å². The molecule has 1 saturated heterocycles. The van der Waals surface area contributed by atoms with Crippen molar-refractivity contribution in [3.05, 3.63) is 38.3 Å². The molecule has 21 heavy (non-hydrogen) atoms. The van der Waals surface area contributed by atoms with Gasteiger partial charge in [0.05, 0.1) is 17.0 Å². The van der Waals surface area contributed by atoms with Gasteiger partial charge in [-0.05, 0) is 13.3 Å². The molecule has 1 aromatic rings. The molecule has 0 bridgehead atoms. The molecule has 0 aromatic carbocycles. The predicted octanol–water partition coefficient (Wildman–Crippen LogP) is 0.218. The first-order chi connectivity index (χ1) is 9.82. The quantitative estimate of drug-likeness (QED) is 0.605. The van der Waals surface area contributed by atoms with Crippen molar-refractivity contribution < 1.29 is 19.6 Å². The lowest BCUT2D eigenvalue weighted by Gasteiger charge is -2.22. The first-order valence-electron chi connectivity index (χ1n) is 6.24. The summed E-state index contributed by atoms with van der Waals surface area (Å²) in [6.07, 6.45) is 1.20. The average molecular weight is 295 g/mol. The minimum absolute atomic E-state index is 0.194. The second-order valence-corrected chi connectivity index (χ2v) is 4.83. The van der Waals surface area contributed by atoms with E-state index in [1.54, 1.807) is 6.92 Å². The number of carboxylic acid groups (broad SMARTS) is 1. The lowest BCUT2D eigenvalue weighted by atomic mass is 10.0. The fourth-order valence-electron chi connectivity index (χ4n) is 2.45. The number of H-pyrrole nitrogens is 1. The maximum atomic E-state index is 12.3. The zero-order chi connectivity index (χ0) is 15.7. The molecule has 2 heterocycles. The van der Waals surface area contributed by atoms with Crippen LogP contribution in [0.25, 0.3) is 0 Å². The van der Waals surface area contributed by atoms with E-state index in [0.717, 1.165) is 12.3 Å². The van der Waals surface area contributed by atoms with Crippen molar-refractivity contribution in [3.8, 4) is 0 Å². The van der Waals surface area contributed by atoms with Gasteiger partial charge < -0.3 is 15.0 Å². The van der Waals surface area contributed by atoms with Gasteiger partial charge >= 0.3 is 5.97 Å². The number of pyridine rings is 1. The number of aromatic nitrogens is 1. The first-order valence-corrected chi connectivity index (χ1v) is 6.24. The van der Waals surface area contributed by atoms with E-state index in [9.17, 15) is 24.5 Å². The Hall–Kier alpha value is -2.71. The molecule has 2 N–H and O–H groups in total. The highest BCUT2D eigenvalue weighted by Gasteiger charge is 2.39. The predicted molar refractivity (Wildman–Crippen MR) is 70.0 cm³/mol. The van der Waals surface area contributed by atoms with Crippen LogP contribution in [0.5, 0.6) is 0 Å². The smallest absolute Gasteiger partial charge is 0.308 e. The van der Waals surface area contributed by atoms with E-state index in [4.69, 9.17) is 5.11 Å². The molecule has 9 heteroatoms. The van der Waals surface area contributed by atoms with Crippen molar-refractivity contribution in [1.29, 1.82) is 0 Å². The van der Waals surface area contributed by atoms with Gasteiger partial charge in [0.1, 0.15) is 5.56 Å². The Morgan fingerprint density at radius 3 is 2.71 bits per heavy atom. The maximum absolute atomic E-state index is 12.3. The lowest BCUT2D eigenvalue weighted by Crippen LogP contribution is -2.39. The number of hydrogen-bond donors (Lipinski definition) is 2. The minimum atomic E-state index is -1.01. The third-order valence-corrected chi connectivity index (χ3v) is 3.66. The summed E-state index contributed by atoms with van der Waals surface area (Å²) in [5.41, 5.74) is -1.50. The summed E-state index contributed by atoms with van der Waals surface area (Å²) in [7, 11) is 0. The highest BCUT2D eigenvalue weighted by atomic mass is 16.6. The first kappa shape index (κ1) is 14.7. The zero-order valence-electron chi connectivity index (χ0n) is 11.1. The fraction of sp³-hybridized carbons (Fsp3) is 0.417. The van der Waals surface area contributed by atoms with Crippen molar-refractivity contribution in [2.24, 2.45) is 5.92 Å². The maximum Gasteiger partial charge on any atom is 0.308 e. The molecule has 0 spiro atoms. The van der Waals surface area contributed by atoms with Crippen molar-refractivity contribution >= 4 is 17.6 Å². The van der Waals surface area contributed by atoms with E-state index in [1.165, 1.54) is 4.90 Å². The monoisotopic (exact) mass is 295 g/mol. The number of amides is 1. The highest BCUT2D eigenvalue weighted by molar-refractivity contribution is 5.95. The summed E-state index contributed by atoms with van der Waals surface area (Å²) in [6.45, 7) is 1.77. The summed E-state index contributed by atoms with van der Waals surface area (Å²) >= 11 is 0. The van der Waals surface area contributed by atoms with Gasteiger partial charge in [0.2, 0.25) is 0 Å². The molecule has 0 radical (unpaired) electrons. The summed E-state index contributed by atoms with van der Waals surface area (Å²) in [5, 5.41) is 19.7. The van der Waals surface area contributed by atoms with Gasteiger partial charge in [-0.3, -0.25) is 24.5 Å². The Balaban J connectivity index is 2.33. The summed E-state index contributed by atoms with van der Waals surface area (Å²) < 4.78 is 0. The average Bonchev–Trinajstić information content (AvgIpc) is 2.80. The number of aromatic amines is 1. The van der Waals surface area contributed by atoms with Gasteiger partial charge in [-0.1, -0.05) is 0 Å². The van der Waals surface area contributed by atoms with E-state index in [1.807, 2.05) is 0 Å². The number of carboxylic acids is 1. The van der Waals surface area contributed by atoms with Crippen LogP contribution < -0.4 is 5.56 Å². The van der Waals surface area contributed by atoms with Crippen LogP contribution in [0.4, 0.5) is 5.69 Å². The van der Waals surface area contributed by atoms with Crippen LogP contribution in [-0.4, -0.2) is 44.4 Å². The van der Waals surface area contributed by atoms with Gasteiger partial charge in [-0.25, -0.2) is 0 Å². The van der Waals surface area contributed by atoms with Gasteiger partial charge in [0, 0.05) is 18.7 Å². The normalized spacial score (nSPS) is 21.3. The van der Waals surface area contributed by atoms with Crippen LogP contribution in [-0.2, 0) is 4.79 Å². The Kier molecular flexibility index (Phi) is 3.74. The van der Waals surface area contributed by atoms with Crippen LogP contribution >= 0.6 is 0 Å². The Morgan fingerprint density at radius 1 is 1.52 bits per heavy atom. The number of nitrogens with zero attached hydrogens (tertiary/aromatic N) is 2. The second kappa shape index (κ2) is 5.35. The molecule has 2 unspecified atom stereocenters. The topological polar surface area (TPSA) is 134 Å². The molecular weight excluding hydrogens is 282 g/mol. The molecule has 0 aliphatic carbocycles. The lowest BCUT2D eigenvalue weighted by molar-refractivity contribution is -0.385. The number of aliphatic carboxylic acids is 1. The summed E-state index contributed by atoms with van der Waals surface area (Å²) in [6, 6.07) is 0.329. The molecule has 1 fully saturated rings. The number of nitro groups is 1. The van der Waals surface area contributed by atoms with E-state index < -0.39 is 40.0 Å².